The monoisotopic (exact) mass is 437 g/mol. The van der Waals surface area contributed by atoms with E-state index in [9.17, 15) is 9.18 Å². The number of hydrogen-bond donors (Lipinski definition) is 3. The number of hydrogen-bond acceptors (Lipinski definition) is 7. The second kappa shape index (κ2) is 11.1. The van der Waals surface area contributed by atoms with Crippen molar-refractivity contribution in [3.8, 4) is 0 Å². The van der Waals surface area contributed by atoms with Crippen LogP contribution >= 0.6 is 0 Å². The van der Waals surface area contributed by atoms with E-state index in [1.165, 1.54) is 12.1 Å². The molecule has 0 unspecified atom stereocenters. The minimum Gasteiger partial charge on any atom is -0.368 e. The second-order valence-corrected chi connectivity index (χ2v) is 7.28. The first-order valence-electron chi connectivity index (χ1n) is 10.6. The van der Waals surface area contributed by atoms with Gasteiger partial charge < -0.3 is 16.4 Å². The topological polar surface area (TPSA) is 109 Å². The molecular formula is C23H28FN7O. The van der Waals surface area contributed by atoms with Crippen LogP contribution in [0, 0.1) is 5.82 Å². The summed E-state index contributed by atoms with van der Waals surface area (Å²) in [5, 5.41) is 6.06. The van der Waals surface area contributed by atoms with Crippen molar-refractivity contribution in [1.29, 1.82) is 0 Å². The molecule has 0 aliphatic rings. The van der Waals surface area contributed by atoms with Crippen LogP contribution in [0.3, 0.4) is 0 Å². The number of halogens is 1. The summed E-state index contributed by atoms with van der Waals surface area (Å²) in [6.45, 7) is 5.50. The first-order valence-corrected chi connectivity index (χ1v) is 10.6. The standard InChI is InChI=1S/C23H28FN7O/c1-3-17-7-5-6-8-19(17)27-23-29-20(28-22(25)30-23)14-31(4-2)15-21(32)26-13-16-9-11-18(24)12-10-16/h5-12H,3-4,13-15H2,1-2H3,(H,26,32)(H3,25,27,28,29,30). The number of nitrogens with zero attached hydrogens (tertiary/aromatic N) is 4. The molecule has 168 valence electrons. The van der Waals surface area contributed by atoms with Crippen LogP contribution in [0.5, 0.6) is 0 Å². The third kappa shape index (κ3) is 6.71. The lowest BCUT2D eigenvalue weighted by atomic mass is 10.1. The first-order chi connectivity index (χ1) is 15.5. The number of nitrogens with one attached hydrogen (secondary N) is 2. The fraction of sp³-hybridized carbons (Fsp3) is 0.304. The molecule has 0 radical (unpaired) electrons. The molecule has 1 amide bonds. The van der Waals surface area contributed by atoms with E-state index in [1.54, 1.807) is 12.1 Å². The van der Waals surface area contributed by atoms with Gasteiger partial charge in [0.1, 0.15) is 11.6 Å². The van der Waals surface area contributed by atoms with Gasteiger partial charge in [0.25, 0.3) is 0 Å². The van der Waals surface area contributed by atoms with Crippen molar-refractivity contribution < 1.29 is 9.18 Å². The molecule has 2 aromatic carbocycles. The number of nitrogen functional groups attached to an aromatic ring is 1. The van der Waals surface area contributed by atoms with Gasteiger partial charge in [-0.15, -0.1) is 0 Å². The van der Waals surface area contributed by atoms with Gasteiger partial charge in [-0.1, -0.05) is 44.2 Å². The molecule has 0 saturated carbocycles. The van der Waals surface area contributed by atoms with Crippen molar-refractivity contribution in [2.45, 2.75) is 33.4 Å². The Balaban J connectivity index is 1.61. The molecule has 8 nitrogen and oxygen atoms in total. The maximum absolute atomic E-state index is 13.0. The van der Waals surface area contributed by atoms with Crippen LogP contribution in [0.25, 0.3) is 0 Å². The van der Waals surface area contributed by atoms with E-state index in [-0.39, 0.29) is 24.2 Å². The SMILES string of the molecule is CCc1ccccc1Nc1nc(N)nc(CN(CC)CC(=O)NCc2ccc(F)cc2)n1. The number of nitrogens with two attached hydrogens (primary N) is 1. The van der Waals surface area contributed by atoms with Gasteiger partial charge in [0, 0.05) is 12.2 Å². The molecule has 0 spiro atoms. The van der Waals surface area contributed by atoms with E-state index >= 15 is 0 Å². The third-order valence-corrected chi connectivity index (χ3v) is 4.93. The molecule has 0 bridgehead atoms. The highest BCUT2D eigenvalue weighted by molar-refractivity contribution is 5.78. The minimum absolute atomic E-state index is 0.114. The second-order valence-electron chi connectivity index (χ2n) is 7.28. The fourth-order valence-electron chi connectivity index (χ4n) is 3.18. The maximum Gasteiger partial charge on any atom is 0.234 e. The zero-order chi connectivity index (χ0) is 22.9. The summed E-state index contributed by atoms with van der Waals surface area (Å²) in [4.78, 5) is 27.2. The smallest absolute Gasteiger partial charge is 0.234 e. The molecule has 0 saturated heterocycles. The highest BCUT2D eigenvalue weighted by Gasteiger charge is 2.13. The van der Waals surface area contributed by atoms with Crippen LogP contribution in [0.2, 0.25) is 0 Å². The number of rotatable bonds is 10. The lowest BCUT2D eigenvalue weighted by molar-refractivity contribution is -0.122. The molecule has 0 atom stereocenters. The Morgan fingerprint density at radius 3 is 2.53 bits per heavy atom. The predicted molar refractivity (Wildman–Crippen MR) is 123 cm³/mol. The van der Waals surface area contributed by atoms with Gasteiger partial charge >= 0.3 is 0 Å². The number of benzene rings is 2. The lowest BCUT2D eigenvalue weighted by Crippen LogP contribution is -2.37. The molecule has 1 heterocycles. The summed E-state index contributed by atoms with van der Waals surface area (Å²) in [5.74, 6) is 0.505. The van der Waals surface area contributed by atoms with E-state index in [2.05, 4.69) is 32.5 Å². The highest BCUT2D eigenvalue weighted by Crippen LogP contribution is 2.19. The van der Waals surface area contributed by atoms with Gasteiger partial charge in [-0.3, -0.25) is 9.69 Å². The van der Waals surface area contributed by atoms with Crippen LogP contribution in [-0.2, 0) is 24.3 Å². The third-order valence-electron chi connectivity index (χ3n) is 4.93. The number of likely N-dealkylation sites (N-methyl/N-ethyl adjacent to an activating group) is 1. The number of aryl methyl sites for hydroxylation is 1. The molecule has 9 heteroatoms. The molecule has 3 aromatic rings. The molecule has 1 aromatic heterocycles. The lowest BCUT2D eigenvalue weighted by Gasteiger charge is -2.19. The van der Waals surface area contributed by atoms with Crippen molar-refractivity contribution in [1.82, 2.24) is 25.2 Å². The zero-order valence-corrected chi connectivity index (χ0v) is 18.3. The van der Waals surface area contributed by atoms with Crippen molar-refractivity contribution in [3.63, 3.8) is 0 Å². The molecular weight excluding hydrogens is 409 g/mol. The van der Waals surface area contributed by atoms with Crippen molar-refractivity contribution in [2.75, 3.05) is 24.1 Å². The Hall–Kier alpha value is -3.59. The zero-order valence-electron chi connectivity index (χ0n) is 18.3. The van der Waals surface area contributed by atoms with Crippen LogP contribution in [0.15, 0.2) is 48.5 Å². The van der Waals surface area contributed by atoms with Gasteiger partial charge in [-0.25, -0.2) is 4.39 Å². The molecule has 0 fully saturated rings. The van der Waals surface area contributed by atoms with Crippen LogP contribution in [-0.4, -0.2) is 38.8 Å². The fourth-order valence-corrected chi connectivity index (χ4v) is 3.18. The number of para-hydroxylation sites is 1. The average Bonchev–Trinajstić information content (AvgIpc) is 2.78. The van der Waals surface area contributed by atoms with Gasteiger partial charge in [0.15, 0.2) is 0 Å². The Kier molecular flexibility index (Phi) is 8.04. The Labute approximate surface area is 187 Å². The number of carbonyl (C=O) groups excluding carboxylic acids is 1. The number of amides is 1. The van der Waals surface area contributed by atoms with Crippen molar-refractivity contribution >= 4 is 23.5 Å². The minimum atomic E-state index is -0.305. The van der Waals surface area contributed by atoms with Gasteiger partial charge in [0.2, 0.25) is 17.8 Å². The van der Waals surface area contributed by atoms with Crippen LogP contribution in [0.1, 0.15) is 30.8 Å². The van der Waals surface area contributed by atoms with Gasteiger partial charge in [0.05, 0.1) is 13.1 Å². The molecule has 32 heavy (non-hydrogen) atoms. The summed E-state index contributed by atoms with van der Waals surface area (Å²) < 4.78 is 13.0. The van der Waals surface area contributed by atoms with Crippen molar-refractivity contribution in [3.05, 3.63) is 71.3 Å². The molecule has 0 aliphatic heterocycles. The van der Waals surface area contributed by atoms with E-state index in [0.717, 1.165) is 23.2 Å². The average molecular weight is 438 g/mol. The first kappa shape index (κ1) is 23.1. The summed E-state index contributed by atoms with van der Waals surface area (Å²) in [5.41, 5.74) is 8.78. The summed E-state index contributed by atoms with van der Waals surface area (Å²) in [6.07, 6.45) is 0.868. The van der Waals surface area contributed by atoms with Crippen molar-refractivity contribution in [2.24, 2.45) is 0 Å². The van der Waals surface area contributed by atoms with Crippen LogP contribution < -0.4 is 16.4 Å². The molecule has 3 rings (SSSR count). The number of aromatic nitrogens is 3. The van der Waals surface area contributed by atoms with E-state index in [4.69, 9.17) is 5.73 Å². The van der Waals surface area contributed by atoms with Gasteiger partial charge in [-0.2, -0.15) is 15.0 Å². The number of carbonyl (C=O) groups is 1. The van der Waals surface area contributed by atoms with E-state index in [0.29, 0.717) is 31.4 Å². The summed E-state index contributed by atoms with van der Waals surface area (Å²) >= 11 is 0. The molecule has 0 aliphatic carbocycles. The van der Waals surface area contributed by atoms with E-state index in [1.807, 2.05) is 36.1 Å². The normalized spacial score (nSPS) is 10.9. The van der Waals surface area contributed by atoms with Crippen LogP contribution in [0.4, 0.5) is 22.0 Å². The quantitative estimate of drug-likeness (QED) is 0.447. The summed E-state index contributed by atoms with van der Waals surface area (Å²) in [6, 6.07) is 14.0. The van der Waals surface area contributed by atoms with Gasteiger partial charge in [-0.05, 0) is 42.3 Å². The highest BCUT2D eigenvalue weighted by atomic mass is 19.1. The maximum atomic E-state index is 13.0. The Morgan fingerprint density at radius 1 is 1.06 bits per heavy atom. The Bertz CT molecular complexity index is 1040. The largest absolute Gasteiger partial charge is 0.368 e. The molecule has 4 N–H and O–H groups in total. The predicted octanol–water partition coefficient (Wildman–Crippen LogP) is 3.04. The summed E-state index contributed by atoms with van der Waals surface area (Å²) in [7, 11) is 0. The van der Waals surface area contributed by atoms with E-state index < -0.39 is 0 Å². The Morgan fingerprint density at radius 2 is 1.81 bits per heavy atom. The number of anilines is 3.